The molecule has 0 fully saturated rings. The van der Waals surface area contributed by atoms with Crippen molar-refractivity contribution in [3.63, 3.8) is 0 Å². The Balaban J connectivity index is 4.19. The van der Waals surface area contributed by atoms with E-state index in [4.69, 9.17) is 5.11 Å². The van der Waals surface area contributed by atoms with Crippen molar-refractivity contribution in [2.24, 2.45) is 0 Å². The summed E-state index contributed by atoms with van der Waals surface area (Å²) in [6.45, 7) is 1.26. The molecule has 2 N–H and O–H groups in total. The quantitative estimate of drug-likeness (QED) is 0.579. The number of carbonyl (C=O) groups is 2. The first-order chi connectivity index (χ1) is 7.28. The van der Waals surface area contributed by atoms with Gasteiger partial charge >= 0.3 is 5.97 Å². The van der Waals surface area contributed by atoms with Crippen LogP contribution in [-0.2, 0) is 24.2 Å². The van der Waals surface area contributed by atoms with Crippen LogP contribution >= 0.6 is 0 Å². The highest BCUT2D eigenvalue weighted by molar-refractivity contribution is 7.92. The summed E-state index contributed by atoms with van der Waals surface area (Å²) in [6, 6.07) is -1.11. The second kappa shape index (κ2) is 6.44. The first-order valence-corrected chi connectivity index (χ1v) is 6.32. The Hall–Kier alpha value is -1.15. The van der Waals surface area contributed by atoms with Gasteiger partial charge in [0.25, 0.3) is 0 Å². The highest BCUT2D eigenvalue weighted by atomic mass is 32.2. The molecule has 0 heterocycles. The van der Waals surface area contributed by atoms with Crippen molar-refractivity contribution in [3.8, 4) is 0 Å². The van der Waals surface area contributed by atoms with Crippen LogP contribution in [0.1, 0.15) is 6.92 Å². The third-order valence-corrected chi connectivity index (χ3v) is 3.19. The zero-order chi connectivity index (χ0) is 12.8. The highest BCUT2D eigenvalue weighted by Crippen LogP contribution is 1.92. The summed E-state index contributed by atoms with van der Waals surface area (Å²) in [5, 5.41) is 10.5. The van der Waals surface area contributed by atoms with Gasteiger partial charge < -0.3 is 15.2 Å². The first kappa shape index (κ1) is 14.8. The zero-order valence-electron chi connectivity index (χ0n) is 9.10. The largest absolute Gasteiger partial charge is 0.480 e. The van der Waals surface area contributed by atoms with Crippen molar-refractivity contribution in [1.29, 1.82) is 0 Å². The molecule has 1 atom stereocenters. The second-order valence-corrected chi connectivity index (χ2v) is 5.40. The normalized spacial score (nSPS) is 13.1. The van der Waals surface area contributed by atoms with Crippen LogP contribution in [0.25, 0.3) is 0 Å². The SMILES string of the molecule is COCCS(=O)(=O)CC(=O)N[C@@H](C)C(=O)O. The van der Waals surface area contributed by atoms with Crippen LogP contribution in [0.2, 0.25) is 0 Å². The van der Waals surface area contributed by atoms with Gasteiger partial charge in [0.05, 0.1) is 12.4 Å². The number of hydrogen-bond donors (Lipinski definition) is 2. The lowest BCUT2D eigenvalue weighted by molar-refractivity contribution is -0.140. The summed E-state index contributed by atoms with van der Waals surface area (Å²) in [6.07, 6.45) is 0. The molecule has 0 aromatic heterocycles. The molecule has 0 spiro atoms. The molecule has 0 aromatic rings. The van der Waals surface area contributed by atoms with E-state index < -0.39 is 33.5 Å². The third-order valence-electron chi connectivity index (χ3n) is 1.70. The Kier molecular flexibility index (Phi) is 5.97. The highest BCUT2D eigenvalue weighted by Gasteiger charge is 2.20. The molecule has 8 heteroatoms. The number of amides is 1. The fraction of sp³-hybridized carbons (Fsp3) is 0.750. The van der Waals surface area contributed by atoms with Crippen molar-refractivity contribution in [3.05, 3.63) is 0 Å². The van der Waals surface area contributed by atoms with E-state index in [2.05, 4.69) is 10.1 Å². The van der Waals surface area contributed by atoms with Gasteiger partial charge in [0.2, 0.25) is 5.91 Å². The van der Waals surface area contributed by atoms with E-state index in [-0.39, 0.29) is 12.4 Å². The maximum Gasteiger partial charge on any atom is 0.325 e. The lowest BCUT2D eigenvalue weighted by atomic mass is 10.3. The summed E-state index contributed by atoms with van der Waals surface area (Å²) in [4.78, 5) is 21.5. The molecule has 0 radical (unpaired) electrons. The molecule has 94 valence electrons. The van der Waals surface area contributed by atoms with E-state index >= 15 is 0 Å². The number of ether oxygens (including phenoxy) is 1. The minimum atomic E-state index is -3.54. The Bertz CT molecular complexity index is 350. The minimum Gasteiger partial charge on any atom is -0.480 e. The van der Waals surface area contributed by atoms with Gasteiger partial charge in [-0.25, -0.2) is 8.42 Å². The van der Waals surface area contributed by atoms with E-state index in [1.54, 1.807) is 0 Å². The molecule has 0 saturated carbocycles. The van der Waals surface area contributed by atoms with Crippen molar-refractivity contribution >= 4 is 21.7 Å². The van der Waals surface area contributed by atoms with Crippen molar-refractivity contribution in [2.75, 3.05) is 25.2 Å². The van der Waals surface area contributed by atoms with Gasteiger partial charge in [-0.05, 0) is 6.92 Å². The van der Waals surface area contributed by atoms with Gasteiger partial charge in [0, 0.05) is 7.11 Å². The van der Waals surface area contributed by atoms with Crippen LogP contribution in [0.15, 0.2) is 0 Å². The maximum atomic E-state index is 11.3. The lowest BCUT2D eigenvalue weighted by Gasteiger charge is -2.09. The predicted molar refractivity (Wildman–Crippen MR) is 55.8 cm³/mol. The number of aliphatic carboxylic acids is 1. The van der Waals surface area contributed by atoms with Crippen LogP contribution in [-0.4, -0.2) is 56.7 Å². The topological polar surface area (TPSA) is 110 Å². The van der Waals surface area contributed by atoms with Crippen LogP contribution in [0.4, 0.5) is 0 Å². The molecule has 0 aliphatic carbocycles. The Morgan fingerprint density at radius 3 is 2.44 bits per heavy atom. The van der Waals surface area contributed by atoms with Gasteiger partial charge in [0.15, 0.2) is 9.84 Å². The second-order valence-electron chi connectivity index (χ2n) is 3.21. The molecule has 7 nitrogen and oxygen atoms in total. The van der Waals surface area contributed by atoms with Gasteiger partial charge in [-0.15, -0.1) is 0 Å². The number of carboxylic acids is 1. The summed E-state index contributed by atoms with van der Waals surface area (Å²) >= 11 is 0. The van der Waals surface area contributed by atoms with E-state index in [1.807, 2.05) is 0 Å². The van der Waals surface area contributed by atoms with Crippen molar-refractivity contribution < 1.29 is 27.9 Å². The average Bonchev–Trinajstić information content (AvgIpc) is 2.13. The molecule has 0 unspecified atom stereocenters. The van der Waals surface area contributed by atoms with E-state index in [9.17, 15) is 18.0 Å². The summed E-state index contributed by atoms with van der Waals surface area (Å²) in [5.74, 6) is -3.04. The monoisotopic (exact) mass is 253 g/mol. The summed E-state index contributed by atoms with van der Waals surface area (Å²) in [5.41, 5.74) is 0. The minimum absolute atomic E-state index is 0.00406. The van der Waals surface area contributed by atoms with Crippen LogP contribution in [0.5, 0.6) is 0 Å². The zero-order valence-corrected chi connectivity index (χ0v) is 9.91. The average molecular weight is 253 g/mol. The maximum absolute atomic E-state index is 11.3. The standard InChI is InChI=1S/C8H15NO6S/c1-6(8(11)12)9-7(10)5-16(13,14)4-3-15-2/h6H,3-5H2,1-2H3,(H,9,10)(H,11,12)/t6-/m0/s1. The smallest absolute Gasteiger partial charge is 0.325 e. The number of hydrogen-bond acceptors (Lipinski definition) is 5. The molecule has 0 aliphatic heterocycles. The van der Waals surface area contributed by atoms with Crippen molar-refractivity contribution in [2.45, 2.75) is 13.0 Å². The van der Waals surface area contributed by atoms with Crippen molar-refractivity contribution in [1.82, 2.24) is 5.32 Å². The molecular formula is C8H15NO6S. The molecule has 0 saturated heterocycles. The first-order valence-electron chi connectivity index (χ1n) is 4.50. The van der Waals surface area contributed by atoms with E-state index in [0.717, 1.165) is 0 Å². The molecular weight excluding hydrogens is 238 g/mol. The van der Waals surface area contributed by atoms with Crippen LogP contribution < -0.4 is 5.32 Å². The molecule has 16 heavy (non-hydrogen) atoms. The fourth-order valence-corrected chi connectivity index (χ4v) is 1.87. The Labute approximate surface area is 93.7 Å². The number of carbonyl (C=O) groups excluding carboxylic acids is 1. The van der Waals surface area contributed by atoms with Gasteiger partial charge in [0.1, 0.15) is 11.8 Å². The number of methoxy groups -OCH3 is 1. The predicted octanol–water partition coefficient (Wildman–Crippen LogP) is -1.36. The number of rotatable bonds is 7. The lowest BCUT2D eigenvalue weighted by Crippen LogP contribution is -2.41. The molecule has 1 amide bonds. The van der Waals surface area contributed by atoms with Gasteiger partial charge in [-0.3, -0.25) is 9.59 Å². The molecule has 0 bridgehead atoms. The van der Waals surface area contributed by atoms with Gasteiger partial charge in [-0.2, -0.15) is 0 Å². The van der Waals surface area contributed by atoms with E-state index in [0.29, 0.717) is 0 Å². The van der Waals surface area contributed by atoms with Crippen LogP contribution in [0.3, 0.4) is 0 Å². The van der Waals surface area contributed by atoms with E-state index in [1.165, 1.54) is 14.0 Å². The summed E-state index contributed by atoms with van der Waals surface area (Å²) < 4.78 is 27.1. The van der Waals surface area contributed by atoms with Crippen LogP contribution in [0, 0.1) is 0 Å². The molecule has 0 aromatic carbocycles. The molecule has 0 aliphatic rings. The number of carboxylic acid groups (broad SMARTS) is 1. The Morgan fingerprint density at radius 2 is 2.00 bits per heavy atom. The summed E-state index contributed by atoms with van der Waals surface area (Å²) in [7, 11) is -2.19. The number of sulfone groups is 1. The molecule has 0 rings (SSSR count). The Morgan fingerprint density at radius 1 is 1.44 bits per heavy atom. The third kappa shape index (κ3) is 6.36. The number of nitrogens with one attached hydrogen (secondary N) is 1. The van der Waals surface area contributed by atoms with Gasteiger partial charge in [-0.1, -0.05) is 0 Å². The fourth-order valence-electron chi connectivity index (χ4n) is 0.827.